The van der Waals surface area contributed by atoms with Gasteiger partial charge in [-0.25, -0.2) is 4.98 Å². The number of carbonyl (C=O) groups is 1. The summed E-state index contributed by atoms with van der Waals surface area (Å²) < 4.78 is 45.2. The van der Waals surface area contributed by atoms with Gasteiger partial charge in [-0.15, -0.1) is 11.3 Å². The lowest BCUT2D eigenvalue weighted by Gasteiger charge is -2.28. The van der Waals surface area contributed by atoms with E-state index in [0.29, 0.717) is 36.7 Å². The van der Waals surface area contributed by atoms with Crippen molar-refractivity contribution in [2.45, 2.75) is 38.0 Å². The minimum absolute atomic E-state index is 0.272. The van der Waals surface area contributed by atoms with Gasteiger partial charge in [0.15, 0.2) is 0 Å². The molecule has 1 atom stereocenters. The number of hydrogen-bond donors (Lipinski definition) is 2. The van der Waals surface area contributed by atoms with E-state index in [4.69, 9.17) is 4.74 Å². The van der Waals surface area contributed by atoms with Crippen LogP contribution in [0.5, 0.6) is 0 Å². The lowest BCUT2D eigenvalue weighted by atomic mass is 9.99. The number of morpholine rings is 1. The minimum Gasteiger partial charge on any atom is -0.379 e. The largest absolute Gasteiger partial charge is 0.424 e. The summed E-state index contributed by atoms with van der Waals surface area (Å²) in [6, 6.07) is 0. The highest BCUT2D eigenvalue weighted by molar-refractivity contribution is 7.09. The third-order valence-electron chi connectivity index (χ3n) is 4.19. The molecule has 1 aliphatic rings. The zero-order valence-corrected chi connectivity index (χ0v) is 15.5. The van der Waals surface area contributed by atoms with Crippen molar-refractivity contribution in [1.29, 1.82) is 0 Å². The first-order valence-electron chi connectivity index (χ1n) is 8.51. The van der Waals surface area contributed by atoms with E-state index in [1.807, 2.05) is 0 Å². The molecule has 0 aromatic carbocycles. The Bertz CT molecular complexity index is 591. The molecular weight excluding hydrogens is 371 g/mol. The summed E-state index contributed by atoms with van der Waals surface area (Å²) in [4.78, 5) is 17.9. The number of halogens is 3. The van der Waals surface area contributed by atoms with Gasteiger partial charge in [0.25, 0.3) is 0 Å². The fourth-order valence-electron chi connectivity index (χ4n) is 2.65. The number of aromatic nitrogens is 1. The molecule has 1 amide bonds. The Hall–Kier alpha value is -1.23. The van der Waals surface area contributed by atoms with E-state index in [9.17, 15) is 23.1 Å². The molecule has 0 radical (unpaired) electrons. The molecule has 2 heterocycles. The fourth-order valence-corrected chi connectivity index (χ4v) is 3.56. The van der Waals surface area contributed by atoms with Gasteiger partial charge in [0.05, 0.1) is 19.6 Å². The van der Waals surface area contributed by atoms with Crippen molar-refractivity contribution in [1.82, 2.24) is 15.2 Å². The molecule has 0 bridgehead atoms. The van der Waals surface area contributed by atoms with Crippen LogP contribution in [0.15, 0.2) is 5.38 Å². The maximum absolute atomic E-state index is 13.3. The van der Waals surface area contributed by atoms with Gasteiger partial charge in [0.2, 0.25) is 11.5 Å². The number of hydrogen-bond acceptors (Lipinski definition) is 6. The maximum Gasteiger partial charge on any atom is 0.424 e. The van der Waals surface area contributed by atoms with Crippen LogP contribution in [0.25, 0.3) is 0 Å². The molecular formula is C16H24F3N3O3S. The number of aryl methyl sites for hydroxylation is 1. The molecule has 26 heavy (non-hydrogen) atoms. The molecule has 148 valence electrons. The van der Waals surface area contributed by atoms with Crippen molar-refractivity contribution in [2.75, 3.05) is 39.4 Å². The van der Waals surface area contributed by atoms with Crippen LogP contribution in [-0.4, -0.2) is 66.5 Å². The summed E-state index contributed by atoms with van der Waals surface area (Å²) in [5.74, 6) is -0.843. The Kier molecular flexibility index (Phi) is 7.39. The first-order chi connectivity index (χ1) is 12.2. The van der Waals surface area contributed by atoms with Gasteiger partial charge in [-0.2, -0.15) is 13.2 Å². The van der Waals surface area contributed by atoms with Crippen molar-refractivity contribution in [3.8, 4) is 0 Å². The fraction of sp³-hybridized carbons (Fsp3) is 0.750. The molecule has 0 saturated carbocycles. The van der Waals surface area contributed by atoms with E-state index in [0.717, 1.165) is 26.1 Å². The van der Waals surface area contributed by atoms with Crippen LogP contribution in [0.2, 0.25) is 0 Å². The standard InChI is InChI=1S/C16H24F3N3O3S/c1-12-11-26-14(21-12)15(24,16(17,18)19)10-13(23)20-4-2-3-5-22-6-8-25-9-7-22/h11,24H,2-10H2,1H3,(H,20,23). The van der Waals surface area contributed by atoms with E-state index < -0.39 is 29.1 Å². The van der Waals surface area contributed by atoms with E-state index in [2.05, 4.69) is 15.2 Å². The number of nitrogens with one attached hydrogen (secondary N) is 1. The zero-order chi connectivity index (χ0) is 19.2. The molecule has 0 spiro atoms. The summed E-state index contributed by atoms with van der Waals surface area (Å²) in [6.07, 6.45) is -4.59. The average molecular weight is 395 g/mol. The number of rotatable bonds is 8. The summed E-state index contributed by atoms with van der Waals surface area (Å²) >= 11 is 0.696. The SMILES string of the molecule is Cc1csc(C(O)(CC(=O)NCCCCN2CCOCC2)C(F)(F)F)n1. The molecule has 1 saturated heterocycles. The van der Waals surface area contributed by atoms with Gasteiger partial charge in [-0.05, 0) is 26.3 Å². The Balaban J connectivity index is 1.78. The number of alkyl halides is 3. The molecule has 6 nitrogen and oxygen atoms in total. The van der Waals surface area contributed by atoms with Crippen LogP contribution in [0.4, 0.5) is 13.2 Å². The molecule has 1 aliphatic heterocycles. The van der Waals surface area contributed by atoms with Crippen LogP contribution in [0.1, 0.15) is 30.0 Å². The summed E-state index contributed by atoms with van der Waals surface area (Å²) in [6.45, 7) is 5.84. The first-order valence-corrected chi connectivity index (χ1v) is 9.39. The normalized spacial score (nSPS) is 18.5. The number of ether oxygens (including phenoxy) is 1. The summed E-state index contributed by atoms with van der Waals surface area (Å²) in [7, 11) is 0. The van der Waals surface area contributed by atoms with E-state index in [1.165, 1.54) is 12.3 Å². The van der Waals surface area contributed by atoms with E-state index >= 15 is 0 Å². The first kappa shape index (κ1) is 21.1. The highest BCUT2D eigenvalue weighted by Crippen LogP contribution is 2.42. The molecule has 1 unspecified atom stereocenters. The van der Waals surface area contributed by atoms with Crippen LogP contribution < -0.4 is 5.32 Å². The second-order valence-electron chi connectivity index (χ2n) is 6.34. The van der Waals surface area contributed by atoms with E-state index in [1.54, 1.807) is 0 Å². The van der Waals surface area contributed by atoms with Crippen molar-refractivity contribution < 1.29 is 27.8 Å². The van der Waals surface area contributed by atoms with E-state index in [-0.39, 0.29) is 6.54 Å². The number of thiazole rings is 1. The number of amides is 1. The number of carbonyl (C=O) groups excluding carboxylic acids is 1. The zero-order valence-electron chi connectivity index (χ0n) is 14.6. The lowest BCUT2D eigenvalue weighted by molar-refractivity contribution is -0.267. The monoisotopic (exact) mass is 395 g/mol. The average Bonchev–Trinajstić information content (AvgIpc) is 3.01. The van der Waals surface area contributed by atoms with Crippen molar-refractivity contribution >= 4 is 17.2 Å². The molecule has 2 rings (SSSR count). The topological polar surface area (TPSA) is 74.7 Å². The second-order valence-corrected chi connectivity index (χ2v) is 7.20. The minimum atomic E-state index is -4.98. The molecule has 1 aromatic heterocycles. The van der Waals surface area contributed by atoms with Crippen LogP contribution >= 0.6 is 11.3 Å². The molecule has 0 aliphatic carbocycles. The number of aliphatic hydroxyl groups is 1. The van der Waals surface area contributed by atoms with Crippen LogP contribution in [-0.2, 0) is 15.1 Å². The van der Waals surface area contributed by atoms with Crippen molar-refractivity contribution in [2.24, 2.45) is 0 Å². The quantitative estimate of drug-likeness (QED) is 0.657. The van der Waals surface area contributed by atoms with Gasteiger partial charge in [-0.3, -0.25) is 9.69 Å². The number of unbranched alkanes of at least 4 members (excludes halogenated alkanes) is 1. The van der Waals surface area contributed by atoms with Gasteiger partial charge in [0.1, 0.15) is 5.01 Å². The summed E-state index contributed by atoms with van der Waals surface area (Å²) in [5, 5.41) is 13.5. The van der Waals surface area contributed by atoms with Gasteiger partial charge < -0.3 is 15.2 Å². The predicted molar refractivity (Wildman–Crippen MR) is 90.9 cm³/mol. The lowest BCUT2D eigenvalue weighted by Crippen LogP contribution is -2.46. The third kappa shape index (κ3) is 5.63. The van der Waals surface area contributed by atoms with Crippen LogP contribution in [0, 0.1) is 6.92 Å². The number of nitrogens with zero attached hydrogens (tertiary/aromatic N) is 2. The highest BCUT2D eigenvalue weighted by Gasteiger charge is 2.58. The Labute approximate surface area is 154 Å². The molecule has 2 N–H and O–H groups in total. The third-order valence-corrected chi connectivity index (χ3v) is 5.30. The van der Waals surface area contributed by atoms with Gasteiger partial charge >= 0.3 is 6.18 Å². The Morgan fingerprint density at radius 1 is 1.38 bits per heavy atom. The predicted octanol–water partition coefficient (Wildman–Crippen LogP) is 1.82. The Morgan fingerprint density at radius 2 is 2.08 bits per heavy atom. The van der Waals surface area contributed by atoms with Gasteiger partial charge in [0, 0.05) is 30.7 Å². The van der Waals surface area contributed by atoms with Crippen LogP contribution in [0.3, 0.4) is 0 Å². The van der Waals surface area contributed by atoms with Crippen molar-refractivity contribution in [3.05, 3.63) is 16.1 Å². The smallest absolute Gasteiger partial charge is 0.379 e. The molecule has 1 aromatic rings. The Morgan fingerprint density at radius 3 is 2.65 bits per heavy atom. The second kappa shape index (κ2) is 9.12. The highest BCUT2D eigenvalue weighted by atomic mass is 32.1. The molecule has 10 heteroatoms. The molecule has 1 fully saturated rings. The maximum atomic E-state index is 13.3. The van der Waals surface area contributed by atoms with Gasteiger partial charge in [-0.1, -0.05) is 0 Å². The van der Waals surface area contributed by atoms with Crippen molar-refractivity contribution in [3.63, 3.8) is 0 Å². The summed E-state index contributed by atoms with van der Waals surface area (Å²) in [5.41, 5.74) is -2.89.